The van der Waals surface area contributed by atoms with Gasteiger partial charge in [0, 0.05) is 25.8 Å². The molecule has 1 amide bonds. The zero-order valence-corrected chi connectivity index (χ0v) is 10.4. The van der Waals surface area contributed by atoms with Gasteiger partial charge in [0.1, 0.15) is 6.54 Å². The molecule has 1 saturated heterocycles. The zero-order chi connectivity index (χ0) is 13.2. The maximum absolute atomic E-state index is 12.6. The van der Waals surface area contributed by atoms with Crippen molar-refractivity contribution in [2.45, 2.75) is 31.7 Å². The Kier molecular flexibility index (Phi) is 3.87. The number of carboxylic acids is 1. The van der Waals surface area contributed by atoms with Crippen molar-refractivity contribution in [3.8, 4) is 0 Å². The summed E-state index contributed by atoms with van der Waals surface area (Å²) >= 11 is 0. The van der Waals surface area contributed by atoms with Crippen molar-refractivity contribution in [2.24, 2.45) is 11.1 Å². The largest absolute Gasteiger partial charge is 0.480 e. The molecule has 1 saturated carbocycles. The average molecular weight is 256 g/mol. The average Bonchev–Trinajstić information content (AvgIpc) is 3.20. The van der Waals surface area contributed by atoms with Gasteiger partial charge in [-0.05, 0) is 25.7 Å². The number of ether oxygens (including phenoxy) is 1. The highest BCUT2D eigenvalue weighted by atomic mass is 16.5. The van der Waals surface area contributed by atoms with Crippen LogP contribution in [0.5, 0.6) is 0 Å². The van der Waals surface area contributed by atoms with Gasteiger partial charge in [0.2, 0.25) is 5.91 Å². The van der Waals surface area contributed by atoms with Crippen LogP contribution in [0.15, 0.2) is 0 Å². The van der Waals surface area contributed by atoms with Crippen molar-refractivity contribution in [1.29, 1.82) is 0 Å². The molecule has 0 aromatic carbocycles. The van der Waals surface area contributed by atoms with Gasteiger partial charge >= 0.3 is 5.97 Å². The number of nitrogens with two attached hydrogens (primary N) is 1. The van der Waals surface area contributed by atoms with E-state index in [1.54, 1.807) is 0 Å². The van der Waals surface area contributed by atoms with Crippen LogP contribution in [0.2, 0.25) is 0 Å². The lowest BCUT2D eigenvalue weighted by Crippen LogP contribution is -2.52. The highest BCUT2D eigenvalue weighted by Gasteiger charge is 2.45. The van der Waals surface area contributed by atoms with E-state index < -0.39 is 11.4 Å². The topological polar surface area (TPSA) is 92.9 Å². The third kappa shape index (κ3) is 2.64. The number of carboxylic acid groups (broad SMARTS) is 1. The Hall–Kier alpha value is -1.14. The van der Waals surface area contributed by atoms with Crippen LogP contribution in [0.25, 0.3) is 0 Å². The SMILES string of the molecule is NCC1(C(=O)N(CC(=O)O)C2CC2)CCOCC1. The van der Waals surface area contributed by atoms with Crippen LogP contribution in [0, 0.1) is 5.41 Å². The number of hydrogen-bond donors (Lipinski definition) is 2. The van der Waals surface area contributed by atoms with Gasteiger partial charge in [-0.15, -0.1) is 0 Å². The molecule has 2 aliphatic rings. The second-order valence-corrected chi connectivity index (χ2v) is 5.15. The summed E-state index contributed by atoms with van der Waals surface area (Å²) in [5.74, 6) is -1.06. The molecule has 6 heteroatoms. The first-order valence-corrected chi connectivity index (χ1v) is 6.40. The molecule has 0 spiro atoms. The molecule has 2 rings (SSSR count). The summed E-state index contributed by atoms with van der Waals surface area (Å²) in [5, 5.41) is 8.91. The number of amides is 1. The molecule has 2 fully saturated rings. The van der Waals surface area contributed by atoms with Gasteiger partial charge in [-0.25, -0.2) is 0 Å². The molecule has 0 aromatic rings. The minimum atomic E-state index is -0.963. The molecule has 1 heterocycles. The first-order valence-electron chi connectivity index (χ1n) is 6.40. The Morgan fingerprint density at radius 2 is 1.94 bits per heavy atom. The highest BCUT2D eigenvalue weighted by Crippen LogP contribution is 2.36. The monoisotopic (exact) mass is 256 g/mol. The van der Waals surface area contributed by atoms with Gasteiger partial charge in [0.25, 0.3) is 0 Å². The molecular formula is C12H20N2O4. The van der Waals surface area contributed by atoms with Gasteiger partial charge in [0.05, 0.1) is 5.41 Å². The predicted octanol–water partition coefficient (Wildman–Crippen LogP) is -0.182. The van der Waals surface area contributed by atoms with Gasteiger partial charge in [-0.2, -0.15) is 0 Å². The van der Waals surface area contributed by atoms with Crippen LogP contribution in [0.4, 0.5) is 0 Å². The standard InChI is InChI=1S/C12H20N2O4/c13-8-12(3-5-18-6-4-12)11(17)14(7-10(15)16)9-1-2-9/h9H,1-8,13H2,(H,15,16). The van der Waals surface area contributed by atoms with E-state index in [0.717, 1.165) is 12.8 Å². The number of hydrogen-bond acceptors (Lipinski definition) is 4. The van der Waals surface area contributed by atoms with Crippen molar-refractivity contribution in [3.05, 3.63) is 0 Å². The van der Waals surface area contributed by atoms with Crippen molar-refractivity contribution < 1.29 is 19.4 Å². The minimum absolute atomic E-state index is 0.0971. The summed E-state index contributed by atoms with van der Waals surface area (Å²) < 4.78 is 5.27. The third-order valence-corrected chi connectivity index (χ3v) is 3.85. The molecule has 1 aliphatic heterocycles. The van der Waals surface area contributed by atoms with E-state index >= 15 is 0 Å². The van der Waals surface area contributed by atoms with Crippen LogP contribution < -0.4 is 5.73 Å². The molecule has 0 aromatic heterocycles. The third-order valence-electron chi connectivity index (χ3n) is 3.85. The number of nitrogens with zero attached hydrogens (tertiary/aromatic N) is 1. The molecule has 0 atom stereocenters. The Morgan fingerprint density at radius 3 is 2.39 bits per heavy atom. The maximum Gasteiger partial charge on any atom is 0.323 e. The minimum Gasteiger partial charge on any atom is -0.480 e. The van der Waals surface area contributed by atoms with E-state index in [4.69, 9.17) is 15.6 Å². The van der Waals surface area contributed by atoms with E-state index in [1.165, 1.54) is 4.90 Å². The fraction of sp³-hybridized carbons (Fsp3) is 0.833. The van der Waals surface area contributed by atoms with E-state index in [2.05, 4.69) is 0 Å². The van der Waals surface area contributed by atoms with E-state index in [-0.39, 0.29) is 25.0 Å². The predicted molar refractivity (Wildman–Crippen MR) is 63.9 cm³/mol. The summed E-state index contributed by atoms with van der Waals surface area (Å²) in [6, 6.07) is 0.0971. The number of carbonyl (C=O) groups is 2. The highest BCUT2D eigenvalue weighted by molar-refractivity contribution is 5.87. The van der Waals surface area contributed by atoms with Gasteiger partial charge in [-0.3, -0.25) is 9.59 Å². The van der Waals surface area contributed by atoms with Crippen molar-refractivity contribution in [2.75, 3.05) is 26.3 Å². The van der Waals surface area contributed by atoms with Gasteiger partial charge < -0.3 is 20.5 Å². The van der Waals surface area contributed by atoms with Crippen LogP contribution in [-0.2, 0) is 14.3 Å². The molecule has 18 heavy (non-hydrogen) atoms. The first-order chi connectivity index (χ1) is 8.59. The van der Waals surface area contributed by atoms with E-state index in [9.17, 15) is 9.59 Å². The molecule has 6 nitrogen and oxygen atoms in total. The lowest BCUT2D eigenvalue weighted by atomic mass is 9.78. The first kappa shape index (κ1) is 13.3. The molecule has 1 aliphatic carbocycles. The van der Waals surface area contributed by atoms with E-state index in [0.29, 0.717) is 26.1 Å². The molecule has 3 N–H and O–H groups in total. The van der Waals surface area contributed by atoms with Crippen molar-refractivity contribution >= 4 is 11.9 Å². The Bertz CT molecular complexity index is 335. The summed E-state index contributed by atoms with van der Waals surface area (Å²) in [5.41, 5.74) is 5.16. The second-order valence-electron chi connectivity index (χ2n) is 5.15. The lowest BCUT2D eigenvalue weighted by molar-refractivity contribution is -0.153. The van der Waals surface area contributed by atoms with E-state index in [1.807, 2.05) is 0 Å². The lowest BCUT2D eigenvalue weighted by Gasteiger charge is -2.38. The number of carbonyl (C=O) groups excluding carboxylic acids is 1. The fourth-order valence-electron chi connectivity index (χ4n) is 2.47. The van der Waals surface area contributed by atoms with Gasteiger partial charge in [0.15, 0.2) is 0 Å². The molecule has 0 bridgehead atoms. The summed E-state index contributed by atoms with van der Waals surface area (Å²) in [7, 11) is 0. The van der Waals surface area contributed by atoms with Crippen molar-refractivity contribution in [3.63, 3.8) is 0 Å². The normalized spacial score (nSPS) is 22.5. The molecule has 0 unspecified atom stereocenters. The molecule has 102 valence electrons. The fourth-order valence-corrected chi connectivity index (χ4v) is 2.47. The maximum atomic E-state index is 12.6. The Labute approximate surface area is 106 Å². The zero-order valence-electron chi connectivity index (χ0n) is 10.4. The summed E-state index contributed by atoms with van der Waals surface area (Å²) in [6.45, 7) is 1.09. The summed E-state index contributed by atoms with van der Waals surface area (Å²) in [6.07, 6.45) is 2.97. The summed E-state index contributed by atoms with van der Waals surface area (Å²) in [4.78, 5) is 25.0. The quantitative estimate of drug-likeness (QED) is 0.711. The Morgan fingerprint density at radius 1 is 1.33 bits per heavy atom. The second kappa shape index (κ2) is 5.24. The smallest absolute Gasteiger partial charge is 0.323 e. The van der Waals surface area contributed by atoms with Crippen LogP contribution >= 0.6 is 0 Å². The molecule has 0 radical (unpaired) electrons. The van der Waals surface area contributed by atoms with Crippen LogP contribution in [0.3, 0.4) is 0 Å². The number of aliphatic carboxylic acids is 1. The van der Waals surface area contributed by atoms with Gasteiger partial charge in [-0.1, -0.05) is 0 Å². The number of rotatable bonds is 5. The Balaban J connectivity index is 2.12. The van der Waals surface area contributed by atoms with Crippen LogP contribution in [-0.4, -0.2) is 54.2 Å². The van der Waals surface area contributed by atoms with Crippen LogP contribution in [0.1, 0.15) is 25.7 Å². The van der Waals surface area contributed by atoms with Crippen molar-refractivity contribution in [1.82, 2.24) is 4.90 Å². The molecular weight excluding hydrogens is 236 g/mol.